The molecule has 0 fully saturated rings. The molecule has 0 radical (unpaired) electrons. The molecule has 6 nitrogen and oxygen atoms in total. The molecule has 0 bridgehead atoms. The van der Waals surface area contributed by atoms with Crippen LogP contribution >= 0.6 is 0 Å². The molecule has 6 heteroatoms. The number of para-hydroxylation sites is 7. The fourth-order valence-corrected chi connectivity index (χ4v) is 9.43. The molecule has 9 aromatic carbocycles. The SMILES string of the molecule is c1ccc(-c2cccc(-c3nc(-c4cccc5c4oc4ccccc45)nc(-c4cccc5c4oc4c(-c6cccc7c8ccccc8n(-c8ccccc8)c67)cccc45)n3)c2)cc1. The van der Waals surface area contributed by atoms with E-state index in [1.165, 1.54) is 10.8 Å². The Labute approximate surface area is 361 Å². The fraction of sp³-hybridized carbons (Fsp3) is 0. The van der Waals surface area contributed by atoms with E-state index in [0.29, 0.717) is 23.1 Å². The molecule has 0 spiro atoms. The van der Waals surface area contributed by atoms with Gasteiger partial charge in [0.25, 0.3) is 0 Å². The first-order valence-corrected chi connectivity index (χ1v) is 21.1. The van der Waals surface area contributed by atoms with Crippen LogP contribution in [0.2, 0.25) is 0 Å². The smallest absolute Gasteiger partial charge is 0.167 e. The van der Waals surface area contributed by atoms with Crippen LogP contribution in [0.3, 0.4) is 0 Å². The summed E-state index contributed by atoms with van der Waals surface area (Å²) in [6.45, 7) is 0. The van der Waals surface area contributed by atoms with E-state index >= 15 is 0 Å². The van der Waals surface area contributed by atoms with Crippen molar-refractivity contribution >= 4 is 65.7 Å². The number of fused-ring (bicyclic) bond motifs is 9. The number of hydrogen-bond donors (Lipinski definition) is 0. The van der Waals surface area contributed by atoms with Crippen LogP contribution in [-0.2, 0) is 0 Å². The Morgan fingerprint density at radius 2 is 0.810 bits per heavy atom. The van der Waals surface area contributed by atoms with Gasteiger partial charge in [0, 0.05) is 54.7 Å². The molecule has 0 aliphatic heterocycles. The zero-order valence-electron chi connectivity index (χ0n) is 33.7. The fourth-order valence-electron chi connectivity index (χ4n) is 9.43. The zero-order valence-corrected chi connectivity index (χ0v) is 33.7. The highest BCUT2D eigenvalue weighted by Gasteiger charge is 2.23. The van der Waals surface area contributed by atoms with Gasteiger partial charge in [-0.3, -0.25) is 0 Å². The quantitative estimate of drug-likeness (QED) is 0.167. The largest absolute Gasteiger partial charge is 0.455 e. The lowest BCUT2D eigenvalue weighted by Crippen LogP contribution is -2.00. The second-order valence-corrected chi connectivity index (χ2v) is 15.9. The normalized spacial score (nSPS) is 11.8. The van der Waals surface area contributed by atoms with Crippen LogP contribution in [0, 0.1) is 0 Å². The van der Waals surface area contributed by atoms with Crippen LogP contribution in [-0.4, -0.2) is 19.5 Å². The topological polar surface area (TPSA) is 69.9 Å². The summed E-state index contributed by atoms with van der Waals surface area (Å²) >= 11 is 0. The molecule has 0 atom stereocenters. The van der Waals surface area contributed by atoms with E-state index in [1.54, 1.807) is 0 Å². The number of hydrogen-bond acceptors (Lipinski definition) is 5. The molecule has 0 saturated carbocycles. The molecule has 13 aromatic rings. The Morgan fingerprint density at radius 1 is 0.317 bits per heavy atom. The van der Waals surface area contributed by atoms with Gasteiger partial charge in [0.05, 0.1) is 22.2 Å². The highest BCUT2D eigenvalue weighted by molar-refractivity contribution is 6.18. The molecule has 4 heterocycles. The minimum atomic E-state index is 0.505. The van der Waals surface area contributed by atoms with Gasteiger partial charge in [0.15, 0.2) is 17.5 Å². The van der Waals surface area contributed by atoms with E-state index < -0.39 is 0 Å². The first-order chi connectivity index (χ1) is 31.2. The Kier molecular flexibility index (Phi) is 7.80. The number of benzene rings is 9. The van der Waals surface area contributed by atoms with E-state index in [9.17, 15) is 0 Å². The average Bonchev–Trinajstić information content (AvgIpc) is 4.04. The number of furan rings is 2. The maximum absolute atomic E-state index is 7.14. The van der Waals surface area contributed by atoms with Crippen molar-refractivity contribution in [3.05, 3.63) is 206 Å². The van der Waals surface area contributed by atoms with Crippen molar-refractivity contribution in [1.29, 1.82) is 0 Å². The lowest BCUT2D eigenvalue weighted by atomic mass is 9.99. The van der Waals surface area contributed by atoms with Gasteiger partial charge in [-0.1, -0.05) is 164 Å². The lowest BCUT2D eigenvalue weighted by Gasteiger charge is -2.12. The summed E-state index contributed by atoms with van der Waals surface area (Å²) in [4.78, 5) is 15.7. The van der Waals surface area contributed by atoms with E-state index in [1.807, 2.05) is 42.5 Å². The maximum Gasteiger partial charge on any atom is 0.167 e. The summed E-state index contributed by atoms with van der Waals surface area (Å²) in [6, 6.07) is 71.4. The molecule has 0 aliphatic carbocycles. The van der Waals surface area contributed by atoms with Crippen LogP contribution in [0.4, 0.5) is 0 Å². The number of nitrogens with zero attached hydrogens (tertiary/aromatic N) is 4. The third kappa shape index (κ3) is 5.55. The Bertz CT molecular complexity index is 3920. The van der Waals surface area contributed by atoms with Crippen molar-refractivity contribution in [2.75, 3.05) is 0 Å². The molecule has 63 heavy (non-hydrogen) atoms. The average molecular weight is 807 g/mol. The summed E-state index contributed by atoms with van der Waals surface area (Å²) in [5, 5.41) is 6.43. The molecule has 4 aromatic heterocycles. The second kappa shape index (κ2) is 14.0. The van der Waals surface area contributed by atoms with Crippen LogP contribution in [0.15, 0.2) is 215 Å². The van der Waals surface area contributed by atoms with Crippen molar-refractivity contribution in [2.24, 2.45) is 0 Å². The van der Waals surface area contributed by atoms with Crippen molar-refractivity contribution in [3.8, 4) is 62.1 Å². The van der Waals surface area contributed by atoms with Crippen molar-refractivity contribution in [3.63, 3.8) is 0 Å². The molecule has 0 amide bonds. The van der Waals surface area contributed by atoms with Gasteiger partial charge < -0.3 is 13.4 Å². The van der Waals surface area contributed by atoms with Crippen LogP contribution < -0.4 is 0 Å². The Hall–Kier alpha value is -8.61. The zero-order chi connectivity index (χ0) is 41.4. The summed E-state index contributed by atoms with van der Waals surface area (Å²) < 4.78 is 16.1. The van der Waals surface area contributed by atoms with Crippen LogP contribution in [0.1, 0.15) is 0 Å². The second-order valence-electron chi connectivity index (χ2n) is 15.9. The minimum absolute atomic E-state index is 0.505. The predicted octanol–water partition coefficient (Wildman–Crippen LogP) is 15.1. The van der Waals surface area contributed by atoms with E-state index in [4.69, 9.17) is 23.8 Å². The molecular weight excluding hydrogens is 773 g/mol. The van der Waals surface area contributed by atoms with E-state index in [-0.39, 0.29) is 0 Å². The maximum atomic E-state index is 7.14. The number of rotatable bonds is 6. The molecular formula is C57H34N4O2. The Balaban J connectivity index is 1.05. The molecule has 13 rings (SSSR count). The van der Waals surface area contributed by atoms with E-state index in [2.05, 4.69) is 168 Å². The standard InChI is InChI=1S/C57H34N4O2/c1-3-16-35(17-4-1)36-18-11-19-37(34-36)55-58-56(47-30-14-26-43-40-23-8-10-33-50(40)62-53(43)47)60-57(59-55)48-31-15-29-46-45-28-13-27-44(52(45)63-54(46)48)42-25-12-24-41-39-22-7-9-32-49(39)61(51(41)42)38-20-5-2-6-21-38/h1-34H. The molecule has 0 unspecified atom stereocenters. The highest BCUT2D eigenvalue weighted by atomic mass is 16.3. The van der Waals surface area contributed by atoms with Gasteiger partial charge in [-0.15, -0.1) is 0 Å². The van der Waals surface area contributed by atoms with Gasteiger partial charge in [-0.05, 0) is 53.6 Å². The molecule has 0 N–H and O–H groups in total. The summed E-state index contributed by atoms with van der Waals surface area (Å²) in [7, 11) is 0. The lowest BCUT2D eigenvalue weighted by molar-refractivity contribution is 0.669. The molecule has 0 aliphatic rings. The van der Waals surface area contributed by atoms with Gasteiger partial charge in [0.1, 0.15) is 22.3 Å². The van der Waals surface area contributed by atoms with Crippen molar-refractivity contribution in [2.45, 2.75) is 0 Å². The minimum Gasteiger partial charge on any atom is -0.455 e. The van der Waals surface area contributed by atoms with Gasteiger partial charge in [-0.25, -0.2) is 15.0 Å². The van der Waals surface area contributed by atoms with Crippen molar-refractivity contribution < 1.29 is 8.83 Å². The van der Waals surface area contributed by atoms with Gasteiger partial charge in [0.2, 0.25) is 0 Å². The molecule has 0 saturated heterocycles. The van der Waals surface area contributed by atoms with Gasteiger partial charge >= 0.3 is 0 Å². The molecule has 294 valence electrons. The first-order valence-electron chi connectivity index (χ1n) is 21.1. The van der Waals surface area contributed by atoms with Crippen molar-refractivity contribution in [1.82, 2.24) is 19.5 Å². The monoisotopic (exact) mass is 806 g/mol. The third-order valence-electron chi connectivity index (χ3n) is 12.3. The van der Waals surface area contributed by atoms with Crippen LogP contribution in [0.5, 0.6) is 0 Å². The Morgan fingerprint density at radius 3 is 1.56 bits per heavy atom. The summed E-state index contributed by atoms with van der Waals surface area (Å²) in [5.74, 6) is 1.57. The third-order valence-corrected chi connectivity index (χ3v) is 12.3. The summed E-state index contributed by atoms with van der Waals surface area (Å²) in [6.07, 6.45) is 0. The predicted molar refractivity (Wildman–Crippen MR) is 256 cm³/mol. The first kappa shape index (κ1) is 35.2. The van der Waals surface area contributed by atoms with E-state index in [0.717, 1.165) is 94.0 Å². The number of aromatic nitrogens is 4. The van der Waals surface area contributed by atoms with Crippen LogP contribution in [0.25, 0.3) is 128 Å². The highest BCUT2D eigenvalue weighted by Crippen LogP contribution is 2.44. The summed E-state index contributed by atoms with van der Waals surface area (Å²) in [5.41, 5.74) is 13.1. The van der Waals surface area contributed by atoms with Gasteiger partial charge in [-0.2, -0.15) is 0 Å².